The summed E-state index contributed by atoms with van der Waals surface area (Å²) in [5.74, 6) is -0.404. The summed E-state index contributed by atoms with van der Waals surface area (Å²) in [7, 11) is 0. The molecule has 1 saturated carbocycles. The number of amides is 2. The molecule has 5 heteroatoms. The second-order valence-corrected chi connectivity index (χ2v) is 8.54. The molecule has 136 valence electrons. The third-order valence-electron chi connectivity index (χ3n) is 5.36. The maximum Gasteiger partial charge on any atom is 0.244 e. The first-order valence-electron chi connectivity index (χ1n) is 9.10. The van der Waals surface area contributed by atoms with Crippen molar-refractivity contribution >= 4 is 29.1 Å². The minimum atomic E-state index is -0.518. The van der Waals surface area contributed by atoms with Gasteiger partial charge in [0.05, 0.1) is 0 Å². The van der Waals surface area contributed by atoms with Crippen molar-refractivity contribution in [2.24, 2.45) is 0 Å². The van der Waals surface area contributed by atoms with Crippen molar-refractivity contribution in [3.63, 3.8) is 0 Å². The molecule has 1 aliphatic carbocycles. The number of hydrogen-bond acceptors (Lipinski definition) is 2. The Morgan fingerprint density at radius 2 is 1.84 bits per heavy atom. The number of para-hydroxylation sites is 1. The van der Waals surface area contributed by atoms with Crippen molar-refractivity contribution in [3.05, 3.63) is 29.8 Å². The molecule has 1 aliphatic heterocycles. The van der Waals surface area contributed by atoms with Crippen LogP contribution in [0.1, 0.15) is 58.4 Å². The smallest absolute Gasteiger partial charge is 0.244 e. The number of rotatable bonds is 2. The molecule has 1 spiro atoms. The van der Waals surface area contributed by atoms with E-state index in [1.807, 2.05) is 39.0 Å². The first-order valence-corrected chi connectivity index (χ1v) is 9.63. The van der Waals surface area contributed by atoms with E-state index >= 15 is 0 Å². The van der Waals surface area contributed by atoms with Gasteiger partial charge in [-0.05, 0) is 45.2 Å². The summed E-state index contributed by atoms with van der Waals surface area (Å²) < 4.78 is 0. The largest absolute Gasteiger partial charge is 0.350 e. The lowest BCUT2D eigenvalue weighted by atomic mass is 9.66. The average Bonchev–Trinajstić information content (AvgIpc) is 2.84. The lowest BCUT2D eigenvalue weighted by Gasteiger charge is -2.41. The molecular weight excluding hydrogens is 336 g/mol. The minimum absolute atomic E-state index is 0.0796. The van der Waals surface area contributed by atoms with Gasteiger partial charge in [-0.25, -0.2) is 0 Å². The predicted molar refractivity (Wildman–Crippen MR) is 101 cm³/mol. The SMILES string of the molecule is CC(C)(C)NC(=O)C1N(C(=O)CCl)c2ccccc2C12CCCCC2. The van der Waals surface area contributed by atoms with Gasteiger partial charge in [-0.2, -0.15) is 0 Å². The Kier molecular flexibility index (Phi) is 4.84. The molecule has 0 saturated heterocycles. The summed E-state index contributed by atoms with van der Waals surface area (Å²) in [6.07, 6.45) is 5.20. The van der Waals surface area contributed by atoms with Crippen LogP contribution in [0.2, 0.25) is 0 Å². The van der Waals surface area contributed by atoms with Crippen LogP contribution in [0.3, 0.4) is 0 Å². The summed E-state index contributed by atoms with van der Waals surface area (Å²) in [4.78, 5) is 27.6. The van der Waals surface area contributed by atoms with Gasteiger partial charge in [0.2, 0.25) is 11.8 Å². The Morgan fingerprint density at radius 1 is 1.20 bits per heavy atom. The van der Waals surface area contributed by atoms with Gasteiger partial charge >= 0.3 is 0 Å². The summed E-state index contributed by atoms with van der Waals surface area (Å²) in [6.45, 7) is 5.90. The summed E-state index contributed by atoms with van der Waals surface area (Å²) >= 11 is 5.91. The molecule has 1 N–H and O–H groups in total. The van der Waals surface area contributed by atoms with Crippen LogP contribution in [-0.4, -0.2) is 29.3 Å². The second-order valence-electron chi connectivity index (χ2n) is 8.27. The van der Waals surface area contributed by atoms with E-state index in [2.05, 4.69) is 11.4 Å². The number of carbonyl (C=O) groups is 2. The highest BCUT2D eigenvalue weighted by atomic mass is 35.5. The van der Waals surface area contributed by atoms with Crippen molar-refractivity contribution in [1.82, 2.24) is 5.32 Å². The molecule has 1 heterocycles. The number of nitrogens with zero attached hydrogens (tertiary/aromatic N) is 1. The van der Waals surface area contributed by atoms with Crippen molar-refractivity contribution in [3.8, 4) is 0 Å². The van der Waals surface area contributed by atoms with E-state index in [0.717, 1.165) is 36.9 Å². The molecule has 1 aromatic rings. The lowest BCUT2D eigenvalue weighted by molar-refractivity contribution is -0.128. The number of alkyl halides is 1. The summed E-state index contributed by atoms with van der Waals surface area (Å²) in [6, 6.07) is 7.44. The van der Waals surface area contributed by atoms with Crippen LogP contribution in [-0.2, 0) is 15.0 Å². The van der Waals surface area contributed by atoms with Crippen LogP contribution >= 0.6 is 11.6 Å². The Bertz CT molecular complexity index is 675. The predicted octanol–water partition coefficient (Wildman–Crippen LogP) is 3.76. The lowest BCUT2D eigenvalue weighted by Crippen LogP contribution is -2.59. The number of nitrogens with one attached hydrogen (secondary N) is 1. The molecule has 2 aliphatic rings. The topological polar surface area (TPSA) is 49.4 Å². The Balaban J connectivity index is 2.13. The Labute approximate surface area is 154 Å². The quantitative estimate of drug-likeness (QED) is 0.814. The molecule has 0 bridgehead atoms. The molecule has 2 amide bonds. The fourth-order valence-corrected chi connectivity index (χ4v) is 4.64. The molecule has 1 aromatic carbocycles. The first-order chi connectivity index (χ1) is 11.8. The van der Waals surface area contributed by atoms with E-state index in [0.29, 0.717) is 0 Å². The third kappa shape index (κ3) is 3.17. The first kappa shape index (κ1) is 18.2. The van der Waals surface area contributed by atoms with Gasteiger partial charge in [0, 0.05) is 16.6 Å². The summed E-state index contributed by atoms with van der Waals surface area (Å²) in [5, 5.41) is 3.10. The third-order valence-corrected chi connectivity index (χ3v) is 5.59. The maximum atomic E-state index is 13.3. The molecule has 1 unspecified atom stereocenters. The van der Waals surface area contributed by atoms with Gasteiger partial charge in [-0.15, -0.1) is 11.6 Å². The highest BCUT2D eigenvalue weighted by molar-refractivity contribution is 6.30. The number of carbonyl (C=O) groups excluding carboxylic acids is 2. The van der Waals surface area contributed by atoms with E-state index in [4.69, 9.17) is 11.6 Å². The fraction of sp³-hybridized carbons (Fsp3) is 0.600. The number of halogens is 1. The van der Waals surface area contributed by atoms with Crippen LogP contribution < -0.4 is 10.2 Å². The maximum absolute atomic E-state index is 13.3. The molecule has 1 fully saturated rings. The van der Waals surface area contributed by atoms with E-state index in [-0.39, 0.29) is 28.6 Å². The van der Waals surface area contributed by atoms with Crippen molar-refractivity contribution < 1.29 is 9.59 Å². The van der Waals surface area contributed by atoms with E-state index in [1.165, 1.54) is 6.42 Å². The molecule has 0 aromatic heterocycles. The standard InChI is InChI=1S/C20H27ClN2O2/c1-19(2,3)22-18(25)17-20(11-7-4-8-12-20)14-9-5-6-10-15(14)23(17)16(24)13-21/h5-6,9-10,17H,4,7-8,11-13H2,1-3H3,(H,22,25). The number of fused-ring (bicyclic) bond motifs is 2. The fourth-order valence-electron chi connectivity index (χ4n) is 4.51. The Morgan fingerprint density at radius 3 is 2.44 bits per heavy atom. The monoisotopic (exact) mass is 362 g/mol. The van der Waals surface area contributed by atoms with Crippen LogP contribution in [0.15, 0.2) is 24.3 Å². The summed E-state index contributed by atoms with van der Waals surface area (Å²) in [5.41, 5.74) is 1.33. The van der Waals surface area contributed by atoms with Crippen LogP contribution in [0.5, 0.6) is 0 Å². The normalized spacial score (nSPS) is 21.9. The zero-order chi connectivity index (χ0) is 18.2. The van der Waals surface area contributed by atoms with E-state index in [1.54, 1.807) is 4.90 Å². The highest BCUT2D eigenvalue weighted by Gasteiger charge is 2.56. The molecule has 0 radical (unpaired) electrons. The van der Waals surface area contributed by atoms with Crippen LogP contribution in [0.4, 0.5) is 5.69 Å². The number of benzene rings is 1. The zero-order valence-electron chi connectivity index (χ0n) is 15.3. The van der Waals surface area contributed by atoms with Crippen molar-refractivity contribution in [1.29, 1.82) is 0 Å². The van der Waals surface area contributed by atoms with Gasteiger partial charge in [0.15, 0.2) is 0 Å². The van der Waals surface area contributed by atoms with E-state index < -0.39 is 6.04 Å². The van der Waals surface area contributed by atoms with Crippen LogP contribution in [0, 0.1) is 0 Å². The Hall–Kier alpha value is -1.55. The molecule has 1 atom stereocenters. The number of hydrogen-bond donors (Lipinski definition) is 1. The molecule has 3 rings (SSSR count). The van der Waals surface area contributed by atoms with Gasteiger partial charge < -0.3 is 5.32 Å². The highest BCUT2D eigenvalue weighted by Crippen LogP contribution is 2.53. The van der Waals surface area contributed by atoms with Crippen molar-refractivity contribution in [2.45, 2.75) is 69.9 Å². The van der Waals surface area contributed by atoms with Gasteiger partial charge in [-0.1, -0.05) is 37.5 Å². The van der Waals surface area contributed by atoms with Gasteiger partial charge in [0.1, 0.15) is 11.9 Å². The minimum Gasteiger partial charge on any atom is -0.350 e. The molecule has 25 heavy (non-hydrogen) atoms. The second kappa shape index (κ2) is 6.64. The van der Waals surface area contributed by atoms with Gasteiger partial charge in [0.25, 0.3) is 0 Å². The number of anilines is 1. The van der Waals surface area contributed by atoms with Gasteiger partial charge in [-0.3, -0.25) is 14.5 Å². The van der Waals surface area contributed by atoms with E-state index in [9.17, 15) is 9.59 Å². The molecular formula is C20H27ClN2O2. The van der Waals surface area contributed by atoms with Crippen molar-refractivity contribution in [2.75, 3.05) is 10.8 Å². The van der Waals surface area contributed by atoms with Crippen LogP contribution in [0.25, 0.3) is 0 Å². The zero-order valence-corrected chi connectivity index (χ0v) is 16.0. The average molecular weight is 363 g/mol. The molecule has 4 nitrogen and oxygen atoms in total.